The Morgan fingerprint density at radius 1 is 1.42 bits per heavy atom. The first-order valence-electron chi connectivity index (χ1n) is 7.17. The van der Waals surface area contributed by atoms with E-state index in [2.05, 4.69) is 23.8 Å². The van der Waals surface area contributed by atoms with Crippen molar-refractivity contribution in [2.24, 2.45) is 5.92 Å². The number of nitrogens with zero attached hydrogens (tertiary/aromatic N) is 2. The molecule has 0 saturated carbocycles. The minimum Gasteiger partial charge on any atom is -0.229 e. The molecule has 4 heteroatoms. The molecule has 2 aromatic heterocycles. The van der Waals surface area contributed by atoms with Gasteiger partial charge in [0.25, 0.3) is 0 Å². The van der Waals surface area contributed by atoms with E-state index in [-0.39, 0.29) is 0 Å². The van der Waals surface area contributed by atoms with E-state index in [1.54, 1.807) is 16.8 Å². The van der Waals surface area contributed by atoms with Crippen molar-refractivity contribution < 1.29 is 0 Å². The van der Waals surface area contributed by atoms with Crippen molar-refractivity contribution in [3.8, 4) is 0 Å². The lowest BCUT2D eigenvalue weighted by Crippen LogP contribution is -2.08. The summed E-state index contributed by atoms with van der Waals surface area (Å²) < 4.78 is 0. The van der Waals surface area contributed by atoms with Gasteiger partial charge in [0.2, 0.25) is 0 Å². The first-order valence-corrected chi connectivity index (χ1v) is 8.97. The minimum atomic E-state index is 0.824. The second-order valence-electron chi connectivity index (χ2n) is 5.41. The summed E-state index contributed by atoms with van der Waals surface area (Å²) in [6.07, 6.45) is 8.01. The molecule has 0 amide bonds. The van der Waals surface area contributed by atoms with E-state index < -0.39 is 0 Å². The standard InChI is InChI=1S/C15H20N2S2/c1-3-4-7-18-14-13-11-6-5-10(2)8-12(11)19-15(13)17-9-16-14/h9-10H,3-8H2,1-2H3/t10-/m1/s1. The number of hydrogen-bond acceptors (Lipinski definition) is 4. The van der Waals surface area contributed by atoms with E-state index in [1.807, 2.05) is 23.1 Å². The number of thioether (sulfide) groups is 1. The highest BCUT2D eigenvalue weighted by Crippen LogP contribution is 2.40. The van der Waals surface area contributed by atoms with Gasteiger partial charge in [0, 0.05) is 10.3 Å². The van der Waals surface area contributed by atoms with Crippen LogP contribution in [0.4, 0.5) is 0 Å². The van der Waals surface area contributed by atoms with Crippen LogP contribution >= 0.6 is 23.1 Å². The first-order chi connectivity index (χ1) is 9.29. The van der Waals surface area contributed by atoms with Crippen molar-refractivity contribution in [2.75, 3.05) is 5.75 Å². The summed E-state index contributed by atoms with van der Waals surface area (Å²) in [7, 11) is 0. The lowest BCUT2D eigenvalue weighted by atomic mass is 9.89. The topological polar surface area (TPSA) is 25.8 Å². The molecule has 1 aliphatic carbocycles. The highest BCUT2D eigenvalue weighted by atomic mass is 32.2. The lowest BCUT2D eigenvalue weighted by molar-refractivity contribution is 0.509. The Hall–Kier alpha value is -0.610. The zero-order valence-corrected chi connectivity index (χ0v) is 13.2. The molecule has 1 aliphatic rings. The van der Waals surface area contributed by atoms with Gasteiger partial charge in [0.1, 0.15) is 16.2 Å². The van der Waals surface area contributed by atoms with Gasteiger partial charge in [-0.05, 0) is 42.9 Å². The fraction of sp³-hybridized carbons (Fsp3) is 0.600. The monoisotopic (exact) mass is 292 g/mol. The average Bonchev–Trinajstić information content (AvgIpc) is 2.77. The van der Waals surface area contributed by atoms with Crippen LogP contribution in [-0.4, -0.2) is 15.7 Å². The maximum Gasteiger partial charge on any atom is 0.128 e. The number of thiophene rings is 1. The molecular formula is C15H20N2S2. The van der Waals surface area contributed by atoms with Crippen LogP contribution < -0.4 is 0 Å². The van der Waals surface area contributed by atoms with Crippen molar-refractivity contribution in [1.82, 2.24) is 9.97 Å². The Morgan fingerprint density at radius 2 is 2.32 bits per heavy atom. The van der Waals surface area contributed by atoms with Gasteiger partial charge in [-0.15, -0.1) is 23.1 Å². The molecule has 0 N–H and O–H groups in total. The minimum absolute atomic E-state index is 0.824. The number of aromatic nitrogens is 2. The highest BCUT2D eigenvalue weighted by molar-refractivity contribution is 7.99. The van der Waals surface area contributed by atoms with Gasteiger partial charge in [0.15, 0.2) is 0 Å². The number of hydrogen-bond donors (Lipinski definition) is 0. The molecule has 19 heavy (non-hydrogen) atoms. The second kappa shape index (κ2) is 5.80. The molecular weight excluding hydrogens is 272 g/mol. The summed E-state index contributed by atoms with van der Waals surface area (Å²) in [4.78, 5) is 11.8. The van der Waals surface area contributed by atoms with Crippen LogP contribution in [0, 0.1) is 5.92 Å². The summed E-state index contributed by atoms with van der Waals surface area (Å²) >= 11 is 3.80. The molecule has 1 atom stereocenters. The smallest absolute Gasteiger partial charge is 0.128 e. The van der Waals surface area contributed by atoms with Crippen LogP contribution in [0.5, 0.6) is 0 Å². The molecule has 102 valence electrons. The predicted molar refractivity (Wildman–Crippen MR) is 84.2 cm³/mol. The van der Waals surface area contributed by atoms with Gasteiger partial charge in [0.05, 0.1) is 0 Å². The van der Waals surface area contributed by atoms with Crippen molar-refractivity contribution >= 4 is 33.3 Å². The zero-order chi connectivity index (χ0) is 13.2. The van der Waals surface area contributed by atoms with Crippen LogP contribution in [-0.2, 0) is 12.8 Å². The normalized spacial score (nSPS) is 18.7. The lowest BCUT2D eigenvalue weighted by Gasteiger charge is -2.18. The zero-order valence-electron chi connectivity index (χ0n) is 11.6. The van der Waals surface area contributed by atoms with E-state index >= 15 is 0 Å². The van der Waals surface area contributed by atoms with Crippen molar-refractivity contribution in [3.63, 3.8) is 0 Å². The predicted octanol–water partition coefficient (Wildman–Crippen LogP) is 4.71. The molecule has 3 rings (SSSR count). The molecule has 0 saturated heterocycles. The van der Waals surface area contributed by atoms with E-state index in [0.29, 0.717) is 0 Å². The summed E-state index contributed by atoms with van der Waals surface area (Å²) in [6.45, 7) is 4.60. The molecule has 0 fully saturated rings. The van der Waals surface area contributed by atoms with Crippen LogP contribution in [0.1, 0.15) is 43.6 Å². The third-order valence-electron chi connectivity index (χ3n) is 3.79. The van der Waals surface area contributed by atoms with Gasteiger partial charge in [-0.1, -0.05) is 20.3 Å². The molecule has 2 nitrogen and oxygen atoms in total. The summed E-state index contributed by atoms with van der Waals surface area (Å²) in [6, 6.07) is 0. The summed E-state index contributed by atoms with van der Waals surface area (Å²) in [5.74, 6) is 1.99. The van der Waals surface area contributed by atoms with Gasteiger partial charge < -0.3 is 0 Å². The molecule has 0 bridgehead atoms. The molecule has 0 aromatic carbocycles. The van der Waals surface area contributed by atoms with E-state index in [0.717, 1.165) is 5.92 Å². The van der Waals surface area contributed by atoms with Gasteiger partial charge in [-0.2, -0.15) is 0 Å². The average molecular weight is 292 g/mol. The Labute approximate surface area is 123 Å². The van der Waals surface area contributed by atoms with Gasteiger partial charge in [-0.25, -0.2) is 9.97 Å². The van der Waals surface area contributed by atoms with Crippen molar-refractivity contribution in [2.45, 2.75) is 51.0 Å². The maximum absolute atomic E-state index is 4.54. The van der Waals surface area contributed by atoms with E-state index in [9.17, 15) is 0 Å². The Bertz CT molecular complexity index is 577. The third-order valence-corrected chi connectivity index (χ3v) is 6.03. The van der Waals surface area contributed by atoms with Crippen LogP contribution in [0.25, 0.3) is 10.2 Å². The Balaban J connectivity index is 1.99. The molecule has 2 heterocycles. The molecule has 0 radical (unpaired) electrons. The quantitative estimate of drug-likeness (QED) is 0.464. The largest absolute Gasteiger partial charge is 0.229 e. The Morgan fingerprint density at radius 3 is 3.16 bits per heavy atom. The number of unbranched alkanes of at least 4 members (excludes halogenated alkanes) is 1. The fourth-order valence-corrected chi connectivity index (χ4v) is 5.20. The first kappa shape index (κ1) is 13.4. The maximum atomic E-state index is 4.54. The number of rotatable bonds is 4. The van der Waals surface area contributed by atoms with Gasteiger partial charge in [-0.3, -0.25) is 0 Å². The fourth-order valence-electron chi connectivity index (χ4n) is 2.67. The molecule has 0 spiro atoms. The van der Waals surface area contributed by atoms with Gasteiger partial charge >= 0.3 is 0 Å². The van der Waals surface area contributed by atoms with Crippen LogP contribution in [0.2, 0.25) is 0 Å². The van der Waals surface area contributed by atoms with E-state index in [1.165, 1.54) is 53.1 Å². The molecule has 2 aromatic rings. The summed E-state index contributed by atoms with van der Waals surface area (Å²) in [5.41, 5.74) is 1.55. The second-order valence-corrected chi connectivity index (χ2v) is 7.58. The number of aryl methyl sites for hydroxylation is 1. The van der Waals surface area contributed by atoms with E-state index in [4.69, 9.17) is 0 Å². The number of fused-ring (bicyclic) bond motifs is 3. The van der Waals surface area contributed by atoms with Crippen LogP contribution in [0.15, 0.2) is 11.4 Å². The molecule has 0 aliphatic heterocycles. The van der Waals surface area contributed by atoms with Crippen molar-refractivity contribution in [3.05, 3.63) is 16.8 Å². The highest BCUT2D eigenvalue weighted by Gasteiger charge is 2.22. The Kier molecular flexibility index (Phi) is 4.08. The third kappa shape index (κ3) is 2.65. The molecule has 0 unspecified atom stereocenters. The van der Waals surface area contributed by atoms with Crippen molar-refractivity contribution in [1.29, 1.82) is 0 Å². The summed E-state index contributed by atoms with van der Waals surface area (Å²) in [5, 5.41) is 2.58. The van der Waals surface area contributed by atoms with Crippen LogP contribution in [0.3, 0.4) is 0 Å². The SMILES string of the molecule is CCCCSc1ncnc2sc3c(c12)CC[C@@H](C)C3.